The minimum Gasteiger partial charge on any atom is -0.369 e. The number of hydrogen-bond acceptors (Lipinski definition) is 5. The molecule has 104 valence electrons. The Bertz CT molecular complexity index is 430. The third kappa shape index (κ3) is 3.78. The van der Waals surface area contributed by atoms with E-state index in [2.05, 4.69) is 19.8 Å². The van der Waals surface area contributed by atoms with Gasteiger partial charge in [-0.1, -0.05) is 11.6 Å². The summed E-state index contributed by atoms with van der Waals surface area (Å²) < 4.78 is 0. The van der Waals surface area contributed by atoms with E-state index in [1.54, 1.807) is 12.4 Å². The van der Waals surface area contributed by atoms with Crippen molar-refractivity contribution in [3.05, 3.63) is 17.4 Å². The molecule has 1 fully saturated rings. The second-order valence-corrected chi connectivity index (χ2v) is 5.22. The number of carbonyl (C=O) groups is 1. The maximum Gasteiger partial charge on any atom is 0.231 e. The molecule has 1 aromatic rings. The molecule has 0 radical (unpaired) electrons. The Morgan fingerprint density at radius 2 is 2.05 bits per heavy atom. The highest BCUT2D eigenvalue weighted by atomic mass is 35.5. The van der Waals surface area contributed by atoms with Gasteiger partial charge in [-0.25, -0.2) is 9.97 Å². The Balaban J connectivity index is 1.90. The van der Waals surface area contributed by atoms with Crippen LogP contribution in [0.4, 0.5) is 5.95 Å². The number of hydrogen-bond donors (Lipinski definition) is 1. The number of carbonyl (C=O) groups excluding carboxylic acids is 1. The van der Waals surface area contributed by atoms with Crippen LogP contribution in [0.2, 0.25) is 5.02 Å². The monoisotopic (exact) mass is 283 g/mol. The number of aromatic nitrogens is 2. The van der Waals surface area contributed by atoms with Crippen LogP contribution in [-0.4, -0.2) is 53.5 Å². The normalized spacial score (nSPS) is 17.4. The summed E-state index contributed by atoms with van der Waals surface area (Å²) >= 11 is 5.78. The zero-order valence-electron chi connectivity index (χ0n) is 10.9. The van der Waals surface area contributed by atoms with Crippen LogP contribution < -0.4 is 10.6 Å². The summed E-state index contributed by atoms with van der Waals surface area (Å²) in [7, 11) is 1.98. The number of anilines is 1. The number of likely N-dealkylation sites (tertiary alicyclic amines) is 1. The molecule has 0 bridgehead atoms. The first-order chi connectivity index (χ1) is 9.06. The van der Waals surface area contributed by atoms with Crippen LogP contribution in [0.25, 0.3) is 0 Å². The van der Waals surface area contributed by atoms with Crippen LogP contribution in [0.1, 0.15) is 12.8 Å². The Labute approximate surface area is 117 Å². The van der Waals surface area contributed by atoms with Crippen molar-refractivity contribution < 1.29 is 4.79 Å². The van der Waals surface area contributed by atoms with E-state index in [1.807, 2.05) is 7.05 Å². The average Bonchev–Trinajstić information content (AvgIpc) is 2.39. The van der Waals surface area contributed by atoms with E-state index in [0.717, 1.165) is 25.9 Å². The van der Waals surface area contributed by atoms with Gasteiger partial charge in [0.2, 0.25) is 11.9 Å². The molecule has 0 aromatic carbocycles. The average molecular weight is 284 g/mol. The van der Waals surface area contributed by atoms with Crippen molar-refractivity contribution >= 4 is 23.5 Å². The van der Waals surface area contributed by atoms with Crippen LogP contribution in [0.15, 0.2) is 12.4 Å². The smallest absolute Gasteiger partial charge is 0.231 e. The van der Waals surface area contributed by atoms with Crippen molar-refractivity contribution in [3.63, 3.8) is 0 Å². The lowest BCUT2D eigenvalue weighted by Gasteiger charge is -2.36. The van der Waals surface area contributed by atoms with E-state index < -0.39 is 0 Å². The van der Waals surface area contributed by atoms with Crippen molar-refractivity contribution in [2.24, 2.45) is 5.73 Å². The Morgan fingerprint density at radius 3 is 2.58 bits per heavy atom. The van der Waals surface area contributed by atoms with Gasteiger partial charge in [-0.05, 0) is 12.8 Å². The maximum atomic E-state index is 10.9. The number of primary amides is 1. The Morgan fingerprint density at radius 1 is 1.47 bits per heavy atom. The molecule has 1 saturated heterocycles. The van der Waals surface area contributed by atoms with E-state index >= 15 is 0 Å². The molecule has 0 atom stereocenters. The SMILES string of the molecule is CN(c1ncc(Cl)cn1)C1CCN(CC(N)=O)CC1. The van der Waals surface area contributed by atoms with Gasteiger partial charge in [0, 0.05) is 26.2 Å². The van der Waals surface area contributed by atoms with E-state index in [4.69, 9.17) is 17.3 Å². The number of piperidine rings is 1. The van der Waals surface area contributed by atoms with Gasteiger partial charge in [-0.2, -0.15) is 0 Å². The molecule has 0 spiro atoms. The summed E-state index contributed by atoms with van der Waals surface area (Å²) in [6.07, 6.45) is 5.14. The molecule has 19 heavy (non-hydrogen) atoms. The van der Waals surface area contributed by atoms with E-state index in [1.165, 1.54) is 0 Å². The third-order valence-corrected chi connectivity index (χ3v) is 3.60. The largest absolute Gasteiger partial charge is 0.369 e. The Kier molecular flexibility index (Phi) is 4.55. The van der Waals surface area contributed by atoms with Crippen LogP contribution in [0.3, 0.4) is 0 Å². The van der Waals surface area contributed by atoms with Gasteiger partial charge in [-0.3, -0.25) is 9.69 Å². The van der Waals surface area contributed by atoms with Gasteiger partial charge in [0.25, 0.3) is 0 Å². The summed E-state index contributed by atoms with van der Waals surface area (Å²) in [5.74, 6) is 0.408. The highest BCUT2D eigenvalue weighted by Crippen LogP contribution is 2.19. The third-order valence-electron chi connectivity index (χ3n) is 3.41. The molecule has 1 aliphatic rings. The van der Waals surface area contributed by atoms with E-state index in [-0.39, 0.29) is 5.91 Å². The number of nitrogens with zero attached hydrogens (tertiary/aromatic N) is 4. The van der Waals surface area contributed by atoms with Crippen molar-refractivity contribution in [1.29, 1.82) is 0 Å². The quantitative estimate of drug-likeness (QED) is 0.872. The van der Waals surface area contributed by atoms with Crippen molar-refractivity contribution in [3.8, 4) is 0 Å². The minimum absolute atomic E-state index is 0.271. The molecule has 0 saturated carbocycles. The summed E-state index contributed by atoms with van der Waals surface area (Å²) in [5.41, 5.74) is 5.20. The number of rotatable bonds is 4. The Hall–Kier alpha value is -1.40. The molecule has 2 N–H and O–H groups in total. The summed E-state index contributed by atoms with van der Waals surface area (Å²) in [4.78, 5) is 23.5. The maximum absolute atomic E-state index is 10.9. The molecular weight excluding hydrogens is 266 g/mol. The zero-order valence-corrected chi connectivity index (χ0v) is 11.7. The molecule has 1 aliphatic heterocycles. The molecule has 0 unspecified atom stereocenters. The van der Waals surface area contributed by atoms with Gasteiger partial charge in [-0.15, -0.1) is 0 Å². The fraction of sp³-hybridized carbons (Fsp3) is 0.583. The predicted molar refractivity (Wildman–Crippen MR) is 74.1 cm³/mol. The first-order valence-corrected chi connectivity index (χ1v) is 6.65. The van der Waals surface area contributed by atoms with Crippen molar-refractivity contribution in [2.75, 3.05) is 31.6 Å². The lowest BCUT2D eigenvalue weighted by atomic mass is 10.0. The fourth-order valence-corrected chi connectivity index (χ4v) is 2.43. The molecule has 6 nitrogen and oxygen atoms in total. The predicted octanol–water partition coefficient (Wildman–Crippen LogP) is 0.516. The first kappa shape index (κ1) is 14.0. The van der Waals surface area contributed by atoms with Gasteiger partial charge < -0.3 is 10.6 Å². The van der Waals surface area contributed by atoms with Gasteiger partial charge >= 0.3 is 0 Å². The summed E-state index contributed by atoms with van der Waals surface area (Å²) in [6.45, 7) is 2.07. The van der Waals surface area contributed by atoms with Crippen LogP contribution in [0, 0.1) is 0 Å². The van der Waals surface area contributed by atoms with Crippen molar-refractivity contribution in [1.82, 2.24) is 14.9 Å². The van der Waals surface area contributed by atoms with Crippen molar-refractivity contribution in [2.45, 2.75) is 18.9 Å². The number of halogens is 1. The van der Waals surface area contributed by atoms with Gasteiger partial charge in [0.1, 0.15) is 0 Å². The van der Waals surface area contributed by atoms with Gasteiger partial charge in [0.05, 0.1) is 24.0 Å². The highest BCUT2D eigenvalue weighted by Gasteiger charge is 2.24. The highest BCUT2D eigenvalue weighted by molar-refractivity contribution is 6.30. The molecule has 7 heteroatoms. The first-order valence-electron chi connectivity index (χ1n) is 6.27. The molecular formula is C12H18ClN5O. The zero-order chi connectivity index (χ0) is 13.8. The van der Waals surface area contributed by atoms with E-state index in [0.29, 0.717) is 23.6 Å². The van der Waals surface area contributed by atoms with Crippen LogP contribution >= 0.6 is 11.6 Å². The lowest BCUT2D eigenvalue weighted by Crippen LogP contribution is -2.46. The second kappa shape index (κ2) is 6.16. The van der Waals surface area contributed by atoms with Crippen LogP contribution in [0.5, 0.6) is 0 Å². The lowest BCUT2D eigenvalue weighted by molar-refractivity contribution is -0.119. The van der Waals surface area contributed by atoms with Crippen LogP contribution in [-0.2, 0) is 4.79 Å². The molecule has 1 amide bonds. The molecule has 1 aromatic heterocycles. The molecule has 2 rings (SSSR count). The summed E-state index contributed by atoms with van der Waals surface area (Å²) in [6, 6.07) is 0.380. The molecule has 2 heterocycles. The summed E-state index contributed by atoms with van der Waals surface area (Å²) in [5, 5.41) is 0.536. The number of nitrogens with two attached hydrogens (primary N) is 1. The second-order valence-electron chi connectivity index (χ2n) is 4.79. The minimum atomic E-state index is -0.271. The molecule has 0 aliphatic carbocycles. The van der Waals surface area contributed by atoms with Gasteiger partial charge in [0.15, 0.2) is 0 Å². The fourth-order valence-electron chi connectivity index (χ4n) is 2.34. The number of amides is 1. The topological polar surface area (TPSA) is 75.3 Å². The standard InChI is InChI=1S/C12H18ClN5O/c1-17(12-15-6-9(13)7-16-12)10-2-4-18(5-3-10)8-11(14)19/h6-7,10H,2-5,8H2,1H3,(H2,14,19). The van der Waals surface area contributed by atoms with E-state index in [9.17, 15) is 4.79 Å².